The third-order valence-electron chi connectivity index (χ3n) is 3.55. The molecule has 2 N–H and O–H groups in total. The van der Waals surface area contributed by atoms with Gasteiger partial charge in [0.2, 0.25) is 0 Å². The summed E-state index contributed by atoms with van der Waals surface area (Å²) >= 11 is 0. The summed E-state index contributed by atoms with van der Waals surface area (Å²) in [4.78, 5) is 31.8. The quantitative estimate of drug-likeness (QED) is 0.588. The average Bonchev–Trinajstić information content (AvgIpc) is 2.56. The summed E-state index contributed by atoms with van der Waals surface area (Å²) in [5.74, 6) is 0. The molecule has 0 aliphatic rings. The van der Waals surface area contributed by atoms with Gasteiger partial charge >= 0.3 is 6.03 Å². The number of carbonyl (C=O) groups is 1. The van der Waals surface area contributed by atoms with E-state index in [2.05, 4.69) is 20.6 Å². The molecule has 6 nitrogen and oxygen atoms in total. The van der Waals surface area contributed by atoms with Crippen LogP contribution in [-0.4, -0.2) is 22.3 Å². The number of anilines is 2. The number of amides is 2. The van der Waals surface area contributed by atoms with Gasteiger partial charge in [0.15, 0.2) is 0 Å². The van der Waals surface area contributed by atoms with Crippen molar-refractivity contribution >= 4 is 34.7 Å². The molecule has 2 amide bonds. The second kappa shape index (κ2) is 8.45. The number of hydrogen-bond donors (Lipinski definition) is 2. The van der Waals surface area contributed by atoms with Crippen molar-refractivity contribution in [3.8, 4) is 0 Å². The number of fused-ring (bicyclic) bond motifs is 1. The van der Waals surface area contributed by atoms with Crippen LogP contribution in [0.4, 0.5) is 16.2 Å². The fraction of sp³-hybridized carbons (Fsp3) is 0.111. The van der Waals surface area contributed by atoms with Gasteiger partial charge in [0, 0.05) is 53.2 Å². The third kappa shape index (κ3) is 4.58. The molecule has 0 unspecified atom stereocenters. The summed E-state index contributed by atoms with van der Waals surface area (Å²) in [5.41, 5.74) is 4.41. The molecule has 1 radical (unpaired) electrons. The largest absolute Gasteiger partial charge is 0.376 e. The second-order valence-corrected chi connectivity index (χ2v) is 5.39. The molecule has 123 valence electrons. The number of carbonyl (C=O) groups excluding carboxylic acids is 2. The van der Waals surface area contributed by atoms with Crippen LogP contribution in [0.25, 0.3) is 11.0 Å². The molecule has 0 fully saturated rings. The van der Waals surface area contributed by atoms with Gasteiger partial charge < -0.3 is 15.4 Å². The maximum atomic E-state index is 12.3. The van der Waals surface area contributed by atoms with E-state index < -0.39 is 6.03 Å². The summed E-state index contributed by atoms with van der Waals surface area (Å²) in [7, 11) is 0. The number of pyridine rings is 2. The molecule has 0 aliphatic carbocycles. The van der Waals surface area contributed by atoms with Crippen molar-refractivity contribution in [1.29, 1.82) is 0 Å². The molecule has 0 saturated heterocycles. The zero-order valence-corrected chi connectivity index (χ0v) is 17.5. The SMILES string of the molecule is Cc1cc(NC(=O)Nc2ccc(C)c([C-]=O)c2)c2ncccc2n1.[Pr]. The van der Waals surface area contributed by atoms with Gasteiger partial charge in [0.25, 0.3) is 0 Å². The topological polar surface area (TPSA) is 84.0 Å². The smallest absolute Gasteiger partial charge is 0.322 e. The van der Waals surface area contributed by atoms with Crippen molar-refractivity contribution < 1.29 is 50.9 Å². The predicted molar refractivity (Wildman–Crippen MR) is 92.9 cm³/mol. The zero-order valence-electron chi connectivity index (χ0n) is 13.8. The Kier molecular flexibility index (Phi) is 6.56. The van der Waals surface area contributed by atoms with Crippen LogP contribution in [-0.2, 0) is 4.79 Å². The number of urea groups is 1. The fourth-order valence-electron chi connectivity index (χ4n) is 2.38. The molecule has 3 aromatic rings. The molecule has 0 aliphatic heterocycles. The van der Waals surface area contributed by atoms with Gasteiger partial charge in [-0.25, -0.2) is 4.79 Å². The molecular formula is C18H15N4O2Pr-. The van der Waals surface area contributed by atoms with Crippen molar-refractivity contribution in [2.75, 3.05) is 10.6 Å². The van der Waals surface area contributed by atoms with Gasteiger partial charge in [0.1, 0.15) is 5.52 Å². The summed E-state index contributed by atoms with van der Waals surface area (Å²) in [6.07, 6.45) is 3.50. The molecule has 0 saturated carbocycles. The molecule has 0 spiro atoms. The summed E-state index contributed by atoms with van der Waals surface area (Å²) in [6, 6.07) is 10.0. The maximum absolute atomic E-state index is 12.3. The first-order valence-electron chi connectivity index (χ1n) is 7.36. The summed E-state index contributed by atoms with van der Waals surface area (Å²) in [5, 5.41) is 5.47. The number of hydrogen-bond acceptors (Lipinski definition) is 4. The van der Waals surface area contributed by atoms with E-state index in [1.807, 2.05) is 26.2 Å². The van der Waals surface area contributed by atoms with Crippen molar-refractivity contribution in [1.82, 2.24) is 9.97 Å². The minimum atomic E-state index is -0.423. The molecule has 25 heavy (non-hydrogen) atoms. The normalized spacial score (nSPS) is 10.0. The van der Waals surface area contributed by atoms with Gasteiger partial charge in [-0.2, -0.15) is 0 Å². The fourth-order valence-corrected chi connectivity index (χ4v) is 2.38. The van der Waals surface area contributed by atoms with E-state index in [0.29, 0.717) is 28.0 Å². The Bertz CT molecular complexity index is 944. The van der Waals surface area contributed by atoms with Crippen LogP contribution >= 0.6 is 0 Å². The van der Waals surface area contributed by atoms with Gasteiger partial charge in [-0.1, -0.05) is 13.0 Å². The molecule has 1 aromatic carbocycles. The van der Waals surface area contributed by atoms with Crippen LogP contribution in [0, 0.1) is 55.1 Å². The van der Waals surface area contributed by atoms with E-state index in [1.165, 1.54) is 0 Å². The Balaban J connectivity index is 0.00000225. The van der Waals surface area contributed by atoms with Gasteiger partial charge in [-0.05, 0) is 30.8 Å². The molecule has 2 aromatic heterocycles. The molecule has 0 bridgehead atoms. The van der Waals surface area contributed by atoms with Crippen molar-refractivity contribution in [3.05, 3.63) is 59.4 Å². The predicted octanol–water partition coefficient (Wildman–Crippen LogP) is 3.35. The van der Waals surface area contributed by atoms with E-state index in [0.717, 1.165) is 11.3 Å². The van der Waals surface area contributed by atoms with Crippen LogP contribution in [0.2, 0.25) is 0 Å². The number of benzene rings is 1. The molecule has 3 rings (SSSR count). The minimum absolute atomic E-state index is 0. The Labute approximate surface area is 178 Å². The van der Waals surface area contributed by atoms with Crippen molar-refractivity contribution in [2.24, 2.45) is 0 Å². The van der Waals surface area contributed by atoms with Crippen LogP contribution in [0.5, 0.6) is 0 Å². The molecule has 7 heteroatoms. The Morgan fingerprint density at radius 3 is 2.68 bits per heavy atom. The second-order valence-electron chi connectivity index (χ2n) is 5.39. The summed E-state index contributed by atoms with van der Waals surface area (Å²) in [6.45, 7) is 3.66. The van der Waals surface area contributed by atoms with E-state index in [-0.39, 0.29) is 41.3 Å². The van der Waals surface area contributed by atoms with Crippen LogP contribution in [0.1, 0.15) is 16.8 Å². The minimum Gasteiger partial charge on any atom is -0.376 e. The van der Waals surface area contributed by atoms with E-state index >= 15 is 0 Å². The van der Waals surface area contributed by atoms with Crippen LogP contribution in [0.3, 0.4) is 0 Å². The third-order valence-corrected chi connectivity index (χ3v) is 3.55. The molecule has 2 heterocycles. The number of nitrogens with one attached hydrogen (secondary N) is 2. The molecular weight excluding hydrogens is 445 g/mol. The Morgan fingerprint density at radius 1 is 1.12 bits per heavy atom. The van der Waals surface area contributed by atoms with E-state index in [4.69, 9.17) is 0 Å². The number of aromatic nitrogens is 2. The van der Waals surface area contributed by atoms with Crippen LogP contribution in [0.15, 0.2) is 42.6 Å². The monoisotopic (exact) mass is 460 g/mol. The number of aryl methyl sites for hydroxylation is 2. The Hall–Kier alpha value is -1.92. The van der Waals surface area contributed by atoms with Crippen LogP contribution < -0.4 is 10.6 Å². The first-order chi connectivity index (χ1) is 11.6. The van der Waals surface area contributed by atoms with Gasteiger partial charge in [-0.3, -0.25) is 9.97 Å². The first-order valence-corrected chi connectivity index (χ1v) is 7.36. The van der Waals surface area contributed by atoms with E-state index in [1.54, 1.807) is 36.5 Å². The maximum Gasteiger partial charge on any atom is 0.322 e. The van der Waals surface area contributed by atoms with Crippen molar-refractivity contribution in [3.63, 3.8) is 0 Å². The van der Waals surface area contributed by atoms with Gasteiger partial charge in [0.05, 0.1) is 17.5 Å². The zero-order chi connectivity index (χ0) is 17.1. The number of nitrogens with zero attached hydrogens (tertiary/aromatic N) is 2. The Morgan fingerprint density at radius 2 is 1.92 bits per heavy atom. The van der Waals surface area contributed by atoms with Gasteiger partial charge in [-0.15, -0.1) is 23.3 Å². The number of rotatable bonds is 3. The van der Waals surface area contributed by atoms with E-state index in [9.17, 15) is 9.59 Å². The molecule has 0 atom stereocenters. The summed E-state index contributed by atoms with van der Waals surface area (Å²) < 4.78 is 0. The standard InChI is InChI=1S/C18H15N4O2.Pr/c1-11-5-6-14(9-13(11)10-23)21-18(24)22-16-8-12(2)20-15-4-3-7-19-17(15)16;/h3-9H,1-2H3,(H2,20,21,22,24);/q-1;. The average molecular weight is 460 g/mol. The first kappa shape index (κ1) is 19.4. The van der Waals surface area contributed by atoms with Crippen molar-refractivity contribution in [2.45, 2.75) is 13.8 Å².